The molecule has 0 saturated carbocycles. The fourth-order valence-corrected chi connectivity index (χ4v) is 4.84. The molecule has 0 radical (unpaired) electrons. The summed E-state index contributed by atoms with van der Waals surface area (Å²) in [6, 6.07) is 15.4. The highest BCUT2D eigenvalue weighted by molar-refractivity contribution is 7.90. The highest BCUT2D eigenvalue weighted by Gasteiger charge is 2.26. The van der Waals surface area contributed by atoms with E-state index in [0.29, 0.717) is 18.0 Å². The second kappa shape index (κ2) is 8.23. The topological polar surface area (TPSA) is 80.5 Å². The summed E-state index contributed by atoms with van der Waals surface area (Å²) >= 11 is 0. The van der Waals surface area contributed by atoms with Crippen LogP contribution in [0.4, 0.5) is 0 Å². The zero-order valence-corrected chi connectivity index (χ0v) is 16.4. The van der Waals surface area contributed by atoms with E-state index in [1.165, 1.54) is 12.1 Å². The summed E-state index contributed by atoms with van der Waals surface area (Å²) in [4.78, 5) is 14.8. The van der Waals surface area contributed by atoms with Crippen LogP contribution in [-0.4, -0.2) is 38.4 Å². The van der Waals surface area contributed by atoms with Crippen molar-refractivity contribution in [3.05, 3.63) is 65.7 Å². The van der Waals surface area contributed by atoms with Crippen molar-refractivity contribution in [2.75, 3.05) is 13.1 Å². The Hall–Kier alpha value is -2.18. The predicted octanol–water partition coefficient (Wildman–Crippen LogP) is 2.86. The van der Waals surface area contributed by atoms with Crippen LogP contribution in [0.25, 0.3) is 0 Å². The molecule has 0 aromatic heterocycles. The molecule has 0 unspecified atom stereocenters. The minimum absolute atomic E-state index is 0.0523. The van der Waals surface area contributed by atoms with E-state index in [1.807, 2.05) is 30.0 Å². The van der Waals surface area contributed by atoms with Gasteiger partial charge in [-0.3, -0.25) is 4.79 Å². The molecule has 1 saturated heterocycles. The first-order valence-corrected chi connectivity index (χ1v) is 10.9. The Labute approximate surface area is 161 Å². The minimum Gasteiger partial charge on any atom is -0.338 e. The van der Waals surface area contributed by atoms with Gasteiger partial charge in [-0.2, -0.15) is 0 Å². The van der Waals surface area contributed by atoms with E-state index in [-0.39, 0.29) is 22.6 Å². The molecule has 1 amide bonds. The molecule has 0 spiro atoms. The molecule has 0 bridgehead atoms. The molecule has 144 valence electrons. The molecule has 1 aliphatic heterocycles. The van der Waals surface area contributed by atoms with Crippen molar-refractivity contribution in [2.24, 2.45) is 11.7 Å². The lowest BCUT2D eigenvalue weighted by molar-refractivity contribution is 0.0661. The van der Waals surface area contributed by atoms with Gasteiger partial charge in [0.1, 0.15) is 0 Å². The number of benzene rings is 2. The van der Waals surface area contributed by atoms with Crippen molar-refractivity contribution in [1.82, 2.24) is 4.90 Å². The first-order valence-electron chi connectivity index (χ1n) is 9.28. The maximum absolute atomic E-state index is 12.8. The monoisotopic (exact) mass is 386 g/mol. The van der Waals surface area contributed by atoms with Crippen molar-refractivity contribution in [3.8, 4) is 0 Å². The fraction of sp³-hybridized carbons (Fsp3) is 0.381. The zero-order valence-electron chi connectivity index (χ0n) is 15.5. The van der Waals surface area contributed by atoms with Gasteiger partial charge in [0.25, 0.3) is 5.91 Å². The quantitative estimate of drug-likeness (QED) is 0.857. The number of nitrogens with two attached hydrogens (primary N) is 1. The average Bonchev–Trinajstić information content (AvgIpc) is 2.68. The summed E-state index contributed by atoms with van der Waals surface area (Å²) in [6.07, 6.45) is 1.99. The number of nitrogens with zero attached hydrogens (tertiary/aromatic N) is 1. The third kappa shape index (κ3) is 4.76. The molecule has 1 aliphatic rings. The molecule has 2 atom stereocenters. The molecule has 27 heavy (non-hydrogen) atoms. The van der Waals surface area contributed by atoms with Gasteiger partial charge in [-0.1, -0.05) is 30.3 Å². The van der Waals surface area contributed by atoms with Crippen molar-refractivity contribution in [2.45, 2.75) is 36.5 Å². The van der Waals surface area contributed by atoms with Gasteiger partial charge in [0.2, 0.25) is 0 Å². The van der Waals surface area contributed by atoms with Gasteiger partial charge in [-0.15, -0.1) is 0 Å². The molecular formula is C21H26N2O3S. The van der Waals surface area contributed by atoms with E-state index >= 15 is 0 Å². The Morgan fingerprint density at radius 1 is 1.15 bits per heavy atom. The van der Waals surface area contributed by atoms with Crippen molar-refractivity contribution in [3.63, 3.8) is 0 Å². The van der Waals surface area contributed by atoms with Crippen LogP contribution in [0.2, 0.25) is 0 Å². The normalized spacial score (nSPS) is 18.9. The summed E-state index contributed by atoms with van der Waals surface area (Å²) in [6.45, 7) is 3.35. The number of rotatable bonds is 5. The number of carbonyl (C=O) groups is 1. The fourth-order valence-electron chi connectivity index (χ4n) is 3.49. The Morgan fingerprint density at radius 2 is 1.81 bits per heavy atom. The van der Waals surface area contributed by atoms with Crippen LogP contribution in [0.15, 0.2) is 59.5 Å². The molecule has 0 aliphatic carbocycles. The third-order valence-electron chi connectivity index (χ3n) is 5.15. The summed E-state index contributed by atoms with van der Waals surface area (Å²) in [5.74, 6) is 0.198. The zero-order chi connectivity index (χ0) is 19.4. The van der Waals surface area contributed by atoms with Crippen LogP contribution in [0.3, 0.4) is 0 Å². The van der Waals surface area contributed by atoms with Gasteiger partial charge >= 0.3 is 0 Å². The first-order chi connectivity index (χ1) is 12.9. The average molecular weight is 387 g/mol. The number of hydrogen-bond donors (Lipinski definition) is 1. The van der Waals surface area contributed by atoms with Gasteiger partial charge in [-0.25, -0.2) is 8.42 Å². The molecular weight excluding hydrogens is 360 g/mol. The van der Waals surface area contributed by atoms with Gasteiger partial charge < -0.3 is 10.6 Å². The molecule has 2 aromatic carbocycles. The molecule has 6 heteroatoms. The van der Waals surface area contributed by atoms with Crippen LogP contribution in [0.1, 0.15) is 35.7 Å². The lowest BCUT2D eigenvalue weighted by atomic mass is 9.92. The lowest BCUT2D eigenvalue weighted by Gasteiger charge is -2.34. The summed E-state index contributed by atoms with van der Waals surface area (Å²) < 4.78 is 25.2. The molecule has 1 heterocycles. The van der Waals surface area contributed by atoms with E-state index in [0.717, 1.165) is 24.9 Å². The van der Waals surface area contributed by atoms with Crippen molar-refractivity contribution < 1.29 is 13.2 Å². The largest absolute Gasteiger partial charge is 0.338 e. The third-order valence-corrected chi connectivity index (χ3v) is 6.85. The van der Waals surface area contributed by atoms with E-state index in [2.05, 4.69) is 0 Å². The number of carbonyl (C=O) groups excluding carboxylic acids is 1. The summed E-state index contributed by atoms with van der Waals surface area (Å²) in [5, 5.41) is 0. The molecule has 2 aromatic rings. The van der Waals surface area contributed by atoms with Crippen LogP contribution in [0, 0.1) is 5.92 Å². The number of likely N-dealkylation sites (tertiary alicyclic amines) is 1. The molecule has 5 nitrogen and oxygen atoms in total. The second-order valence-corrected chi connectivity index (χ2v) is 9.27. The standard InChI is InChI=1S/C21H26N2O3S/c1-16(22)19-8-5-13-23(14-19)21(24)18-9-11-20(12-10-18)27(25,26)15-17-6-3-2-4-7-17/h2-4,6-7,9-12,16,19H,5,8,13-15,22H2,1H3/t16-,19-/m0/s1. The molecule has 1 fully saturated rings. The van der Waals surface area contributed by atoms with Crippen LogP contribution in [-0.2, 0) is 15.6 Å². The highest BCUT2D eigenvalue weighted by Crippen LogP contribution is 2.22. The van der Waals surface area contributed by atoms with Gasteiger partial charge in [0.05, 0.1) is 10.6 Å². The van der Waals surface area contributed by atoms with Gasteiger partial charge in [-0.05, 0) is 55.5 Å². The summed E-state index contributed by atoms with van der Waals surface area (Å²) in [5.41, 5.74) is 7.25. The van der Waals surface area contributed by atoms with E-state index in [1.54, 1.807) is 24.3 Å². The van der Waals surface area contributed by atoms with Crippen LogP contribution < -0.4 is 5.73 Å². The number of piperidine rings is 1. The molecule has 2 N–H and O–H groups in total. The first kappa shape index (κ1) is 19.6. The number of amides is 1. The van der Waals surface area contributed by atoms with Crippen molar-refractivity contribution >= 4 is 15.7 Å². The summed E-state index contributed by atoms with van der Waals surface area (Å²) in [7, 11) is -3.44. The van der Waals surface area contributed by atoms with E-state index in [4.69, 9.17) is 5.73 Å². The Balaban J connectivity index is 1.72. The highest BCUT2D eigenvalue weighted by atomic mass is 32.2. The number of hydrogen-bond acceptors (Lipinski definition) is 4. The Bertz CT molecular complexity index is 877. The maximum Gasteiger partial charge on any atom is 0.253 e. The van der Waals surface area contributed by atoms with Crippen LogP contribution in [0.5, 0.6) is 0 Å². The SMILES string of the molecule is C[C@H](N)[C@H]1CCCN(C(=O)c2ccc(S(=O)(=O)Cc3ccccc3)cc2)C1. The Morgan fingerprint density at radius 3 is 2.44 bits per heavy atom. The predicted molar refractivity (Wildman–Crippen MR) is 106 cm³/mol. The van der Waals surface area contributed by atoms with E-state index in [9.17, 15) is 13.2 Å². The Kier molecular flexibility index (Phi) is 5.97. The lowest BCUT2D eigenvalue weighted by Crippen LogP contribution is -2.45. The van der Waals surface area contributed by atoms with Crippen LogP contribution >= 0.6 is 0 Å². The smallest absolute Gasteiger partial charge is 0.253 e. The van der Waals surface area contributed by atoms with Gasteiger partial charge in [0, 0.05) is 24.7 Å². The van der Waals surface area contributed by atoms with Crippen molar-refractivity contribution in [1.29, 1.82) is 0 Å². The molecule has 3 rings (SSSR count). The van der Waals surface area contributed by atoms with E-state index < -0.39 is 9.84 Å². The van der Waals surface area contributed by atoms with Gasteiger partial charge in [0.15, 0.2) is 9.84 Å². The second-order valence-electron chi connectivity index (χ2n) is 7.28. The maximum atomic E-state index is 12.8. The number of sulfone groups is 1. The minimum atomic E-state index is -3.44.